The van der Waals surface area contributed by atoms with Gasteiger partial charge in [0, 0.05) is 54.6 Å². The van der Waals surface area contributed by atoms with E-state index in [9.17, 15) is 9.90 Å². The predicted molar refractivity (Wildman–Crippen MR) is 106 cm³/mol. The van der Waals surface area contributed by atoms with Gasteiger partial charge < -0.3 is 15.4 Å². The van der Waals surface area contributed by atoms with Crippen LogP contribution in [0.2, 0.25) is 0 Å². The van der Waals surface area contributed by atoms with Crippen molar-refractivity contribution in [1.29, 1.82) is 0 Å². The SMILES string of the molecule is CCCCNc1ncc(CN[C@H](Cc2c[nH]c3ccccc23)C(=O)O)cn1. The van der Waals surface area contributed by atoms with E-state index < -0.39 is 12.0 Å². The van der Waals surface area contributed by atoms with E-state index in [1.807, 2.05) is 30.5 Å². The molecule has 0 aliphatic rings. The zero-order valence-electron chi connectivity index (χ0n) is 15.4. The quantitative estimate of drug-likeness (QED) is 0.411. The molecule has 3 aromatic rings. The smallest absolute Gasteiger partial charge is 0.321 e. The minimum absolute atomic E-state index is 0.397. The zero-order chi connectivity index (χ0) is 19.1. The molecule has 0 spiro atoms. The molecular formula is C20H25N5O2. The molecule has 0 radical (unpaired) electrons. The minimum Gasteiger partial charge on any atom is -0.480 e. The molecule has 0 amide bonds. The van der Waals surface area contributed by atoms with Crippen LogP contribution in [0.3, 0.4) is 0 Å². The number of nitrogens with zero attached hydrogens (tertiary/aromatic N) is 2. The van der Waals surface area contributed by atoms with Crippen LogP contribution in [-0.2, 0) is 17.8 Å². The van der Waals surface area contributed by atoms with Crippen molar-refractivity contribution < 1.29 is 9.90 Å². The number of benzene rings is 1. The molecule has 1 atom stereocenters. The molecule has 0 bridgehead atoms. The maximum atomic E-state index is 11.7. The van der Waals surface area contributed by atoms with E-state index in [-0.39, 0.29) is 0 Å². The fourth-order valence-corrected chi connectivity index (χ4v) is 2.92. The zero-order valence-corrected chi connectivity index (χ0v) is 15.4. The Morgan fingerprint density at radius 2 is 2.04 bits per heavy atom. The van der Waals surface area contributed by atoms with E-state index in [2.05, 4.69) is 32.5 Å². The summed E-state index contributed by atoms with van der Waals surface area (Å²) in [6.07, 6.45) is 7.90. The second kappa shape index (κ2) is 9.14. The molecule has 0 aliphatic heterocycles. The highest BCUT2D eigenvalue weighted by Crippen LogP contribution is 2.19. The lowest BCUT2D eigenvalue weighted by Gasteiger charge is -2.14. The van der Waals surface area contributed by atoms with Gasteiger partial charge in [-0.25, -0.2) is 9.97 Å². The van der Waals surface area contributed by atoms with Gasteiger partial charge in [-0.05, 0) is 18.1 Å². The summed E-state index contributed by atoms with van der Waals surface area (Å²) in [5.41, 5.74) is 2.84. The second-order valence-electron chi connectivity index (χ2n) is 6.53. The number of carboxylic acids is 1. The maximum Gasteiger partial charge on any atom is 0.321 e. The van der Waals surface area contributed by atoms with Crippen molar-refractivity contribution >= 4 is 22.8 Å². The van der Waals surface area contributed by atoms with Crippen LogP contribution in [0.4, 0.5) is 5.95 Å². The molecule has 7 heteroatoms. The summed E-state index contributed by atoms with van der Waals surface area (Å²) in [4.78, 5) is 23.4. The lowest BCUT2D eigenvalue weighted by Crippen LogP contribution is -2.38. The Bertz CT molecular complexity index is 875. The number of carbonyl (C=O) groups is 1. The molecule has 0 saturated heterocycles. The van der Waals surface area contributed by atoms with Gasteiger partial charge >= 0.3 is 5.97 Å². The first-order valence-corrected chi connectivity index (χ1v) is 9.23. The first kappa shape index (κ1) is 18.8. The molecule has 142 valence electrons. The molecule has 0 fully saturated rings. The molecule has 27 heavy (non-hydrogen) atoms. The first-order chi connectivity index (χ1) is 13.2. The van der Waals surface area contributed by atoms with Gasteiger partial charge in [0.15, 0.2) is 0 Å². The highest BCUT2D eigenvalue weighted by Gasteiger charge is 2.19. The number of hydrogen-bond donors (Lipinski definition) is 4. The van der Waals surface area contributed by atoms with Crippen molar-refractivity contribution in [3.05, 3.63) is 54.0 Å². The van der Waals surface area contributed by atoms with Crippen LogP contribution in [0.1, 0.15) is 30.9 Å². The van der Waals surface area contributed by atoms with Gasteiger partial charge in [-0.15, -0.1) is 0 Å². The van der Waals surface area contributed by atoms with E-state index in [0.717, 1.165) is 41.4 Å². The Morgan fingerprint density at radius 1 is 1.26 bits per heavy atom. The van der Waals surface area contributed by atoms with Crippen LogP contribution in [0.5, 0.6) is 0 Å². The summed E-state index contributed by atoms with van der Waals surface area (Å²) in [5, 5.41) is 16.9. The van der Waals surface area contributed by atoms with Gasteiger partial charge in [0.25, 0.3) is 0 Å². The second-order valence-corrected chi connectivity index (χ2v) is 6.53. The highest BCUT2D eigenvalue weighted by molar-refractivity contribution is 5.84. The van der Waals surface area contributed by atoms with Gasteiger partial charge in [-0.1, -0.05) is 31.5 Å². The van der Waals surface area contributed by atoms with E-state index in [4.69, 9.17) is 0 Å². The Labute approximate surface area is 158 Å². The summed E-state index contributed by atoms with van der Waals surface area (Å²) in [5.74, 6) is -0.278. The summed E-state index contributed by atoms with van der Waals surface area (Å²) < 4.78 is 0. The number of aliphatic carboxylic acids is 1. The highest BCUT2D eigenvalue weighted by atomic mass is 16.4. The first-order valence-electron chi connectivity index (χ1n) is 9.23. The van der Waals surface area contributed by atoms with Crippen LogP contribution in [0.15, 0.2) is 42.9 Å². The average Bonchev–Trinajstić information content (AvgIpc) is 3.09. The topological polar surface area (TPSA) is 103 Å². The fraction of sp³-hybridized carbons (Fsp3) is 0.350. The Morgan fingerprint density at radius 3 is 2.78 bits per heavy atom. The number of carboxylic acid groups (broad SMARTS) is 1. The van der Waals surface area contributed by atoms with Crippen molar-refractivity contribution in [2.75, 3.05) is 11.9 Å². The third-order valence-electron chi connectivity index (χ3n) is 4.47. The maximum absolute atomic E-state index is 11.7. The largest absolute Gasteiger partial charge is 0.480 e. The number of aromatic amines is 1. The Kier molecular flexibility index (Phi) is 6.38. The summed E-state index contributed by atoms with van der Waals surface area (Å²) in [7, 11) is 0. The lowest BCUT2D eigenvalue weighted by molar-refractivity contribution is -0.139. The fourth-order valence-electron chi connectivity index (χ4n) is 2.92. The molecule has 2 aromatic heterocycles. The molecule has 0 aliphatic carbocycles. The van der Waals surface area contributed by atoms with Crippen LogP contribution < -0.4 is 10.6 Å². The normalized spacial score (nSPS) is 12.2. The Balaban J connectivity index is 1.59. The van der Waals surface area contributed by atoms with Gasteiger partial charge in [0.1, 0.15) is 6.04 Å². The van der Waals surface area contributed by atoms with Crippen molar-refractivity contribution in [2.45, 2.75) is 38.8 Å². The lowest BCUT2D eigenvalue weighted by atomic mass is 10.0. The number of hydrogen-bond acceptors (Lipinski definition) is 5. The molecule has 3 rings (SSSR count). The summed E-state index contributed by atoms with van der Waals surface area (Å²) >= 11 is 0. The number of fused-ring (bicyclic) bond motifs is 1. The average molecular weight is 367 g/mol. The van der Waals surface area contributed by atoms with Crippen LogP contribution >= 0.6 is 0 Å². The number of anilines is 1. The van der Waals surface area contributed by atoms with E-state index in [1.165, 1.54) is 0 Å². The molecule has 0 unspecified atom stereocenters. The van der Waals surface area contributed by atoms with E-state index >= 15 is 0 Å². The monoisotopic (exact) mass is 367 g/mol. The molecule has 1 aromatic carbocycles. The number of aromatic nitrogens is 3. The van der Waals surface area contributed by atoms with Gasteiger partial charge in [0.05, 0.1) is 0 Å². The van der Waals surface area contributed by atoms with Gasteiger partial charge in [0.2, 0.25) is 5.95 Å². The van der Waals surface area contributed by atoms with Crippen molar-refractivity contribution in [3.8, 4) is 0 Å². The van der Waals surface area contributed by atoms with E-state index in [1.54, 1.807) is 12.4 Å². The van der Waals surface area contributed by atoms with Crippen molar-refractivity contribution in [1.82, 2.24) is 20.3 Å². The standard InChI is InChI=1S/C20H25N5O2/c1-2-3-8-21-20-24-11-14(12-25-20)10-22-18(19(26)27)9-15-13-23-17-7-5-4-6-16(15)17/h4-7,11-13,18,22-23H,2-3,8-10H2,1H3,(H,26,27)(H,21,24,25)/t18-/m1/s1. The van der Waals surface area contributed by atoms with Crippen LogP contribution in [0, 0.1) is 0 Å². The van der Waals surface area contributed by atoms with Crippen LogP contribution in [0.25, 0.3) is 10.9 Å². The number of nitrogens with one attached hydrogen (secondary N) is 3. The summed E-state index contributed by atoms with van der Waals surface area (Å²) in [6, 6.07) is 7.20. The minimum atomic E-state index is -0.876. The van der Waals surface area contributed by atoms with Crippen LogP contribution in [-0.4, -0.2) is 38.6 Å². The van der Waals surface area contributed by atoms with Gasteiger partial charge in [-0.2, -0.15) is 0 Å². The molecule has 7 nitrogen and oxygen atoms in total. The predicted octanol–water partition coefficient (Wildman–Crippen LogP) is 2.96. The summed E-state index contributed by atoms with van der Waals surface area (Å²) in [6.45, 7) is 3.38. The number of rotatable bonds is 10. The molecule has 2 heterocycles. The van der Waals surface area contributed by atoms with Gasteiger partial charge in [-0.3, -0.25) is 10.1 Å². The molecule has 0 saturated carbocycles. The Hall–Kier alpha value is -2.93. The number of para-hydroxylation sites is 1. The third-order valence-corrected chi connectivity index (χ3v) is 4.47. The van der Waals surface area contributed by atoms with Crippen molar-refractivity contribution in [3.63, 3.8) is 0 Å². The van der Waals surface area contributed by atoms with Crippen molar-refractivity contribution in [2.24, 2.45) is 0 Å². The number of H-pyrrole nitrogens is 1. The number of unbranched alkanes of at least 4 members (excludes halogenated alkanes) is 1. The molecule has 4 N–H and O–H groups in total. The van der Waals surface area contributed by atoms with E-state index in [0.29, 0.717) is 18.9 Å². The third kappa shape index (κ3) is 5.04. The molecular weight excluding hydrogens is 342 g/mol.